The molecule has 0 bridgehead atoms. The maximum Gasteiger partial charge on any atom is 0.119 e. The lowest BCUT2D eigenvalue weighted by Gasteiger charge is -2.20. The smallest absolute Gasteiger partial charge is 0.119 e. The molecule has 0 fully saturated rings. The van der Waals surface area contributed by atoms with Crippen molar-refractivity contribution in [2.24, 2.45) is 0 Å². The number of ether oxygens (including phenoxy) is 1. The summed E-state index contributed by atoms with van der Waals surface area (Å²) in [5.41, 5.74) is 2.74. The lowest BCUT2D eigenvalue weighted by molar-refractivity contribution is 0.291. The van der Waals surface area contributed by atoms with Gasteiger partial charge in [0.25, 0.3) is 0 Å². The van der Waals surface area contributed by atoms with Crippen LogP contribution in [0.3, 0.4) is 0 Å². The Labute approximate surface area is 111 Å². The average molecular weight is 258 g/mol. The van der Waals surface area contributed by atoms with Crippen molar-refractivity contribution >= 4 is 12.4 Å². The Bertz CT molecular complexity index is 345. The van der Waals surface area contributed by atoms with E-state index < -0.39 is 0 Å². The normalized spacial score (nSPS) is 10.9. The molecular weight excluding hydrogens is 234 g/mol. The van der Waals surface area contributed by atoms with Crippen LogP contribution in [-0.2, 0) is 0 Å². The van der Waals surface area contributed by atoms with Gasteiger partial charge in [-0.3, -0.25) is 0 Å². The summed E-state index contributed by atoms with van der Waals surface area (Å²) in [4.78, 5) is 0. The average Bonchev–Trinajstić information content (AvgIpc) is 2.17. The molecule has 3 heteroatoms. The number of nitrogens with one attached hydrogen (secondary N) is 1. The second kappa shape index (κ2) is 6.87. The molecule has 0 aromatic heterocycles. The Hall–Kier alpha value is -0.730. The Morgan fingerprint density at radius 3 is 2.29 bits per heavy atom. The zero-order valence-electron chi connectivity index (χ0n) is 11.5. The minimum Gasteiger partial charge on any atom is -0.492 e. The predicted molar refractivity (Wildman–Crippen MR) is 76.4 cm³/mol. The molecule has 0 spiro atoms. The highest BCUT2D eigenvalue weighted by molar-refractivity contribution is 5.85. The minimum absolute atomic E-state index is 0. The number of aryl methyl sites for hydroxylation is 2. The zero-order valence-corrected chi connectivity index (χ0v) is 12.3. The molecule has 1 aromatic rings. The highest BCUT2D eigenvalue weighted by atomic mass is 35.5. The summed E-state index contributed by atoms with van der Waals surface area (Å²) in [7, 11) is 0. The van der Waals surface area contributed by atoms with E-state index in [4.69, 9.17) is 4.74 Å². The van der Waals surface area contributed by atoms with Crippen molar-refractivity contribution in [3.05, 3.63) is 29.3 Å². The first-order valence-corrected chi connectivity index (χ1v) is 5.83. The molecule has 98 valence electrons. The Morgan fingerprint density at radius 2 is 1.76 bits per heavy atom. The van der Waals surface area contributed by atoms with Crippen LogP contribution in [-0.4, -0.2) is 18.7 Å². The third kappa shape index (κ3) is 6.54. The van der Waals surface area contributed by atoms with Gasteiger partial charge < -0.3 is 10.1 Å². The molecule has 17 heavy (non-hydrogen) atoms. The summed E-state index contributed by atoms with van der Waals surface area (Å²) >= 11 is 0. The SMILES string of the molecule is Cc1ccc(OCCNC(C)(C)C)cc1C.Cl. The zero-order chi connectivity index (χ0) is 12.2. The van der Waals surface area contributed by atoms with Crippen molar-refractivity contribution in [2.45, 2.75) is 40.2 Å². The van der Waals surface area contributed by atoms with Gasteiger partial charge in [-0.05, 0) is 57.9 Å². The van der Waals surface area contributed by atoms with Crippen molar-refractivity contribution in [1.29, 1.82) is 0 Å². The van der Waals surface area contributed by atoms with Crippen LogP contribution < -0.4 is 10.1 Å². The van der Waals surface area contributed by atoms with E-state index in [9.17, 15) is 0 Å². The van der Waals surface area contributed by atoms with Crippen molar-refractivity contribution < 1.29 is 4.74 Å². The first kappa shape index (κ1) is 16.3. The Morgan fingerprint density at radius 1 is 1.12 bits per heavy atom. The molecule has 1 aromatic carbocycles. The monoisotopic (exact) mass is 257 g/mol. The van der Waals surface area contributed by atoms with Crippen LogP contribution in [0.2, 0.25) is 0 Å². The predicted octanol–water partition coefficient (Wildman–Crippen LogP) is 3.49. The molecule has 0 radical (unpaired) electrons. The largest absolute Gasteiger partial charge is 0.492 e. The minimum atomic E-state index is 0. The van der Waals surface area contributed by atoms with Crippen molar-refractivity contribution in [3.8, 4) is 5.75 Å². The number of rotatable bonds is 4. The Balaban J connectivity index is 0.00000256. The highest BCUT2D eigenvalue weighted by Gasteiger charge is 2.07. The van der Waals surface area contributed by atoms with E-state index in [1.807, 2.05) is 6.07 Å². The van der Waals surface area contributed by atoms with Gasteiger partial charge in [-0.2, -0.15) is 0 Å². The van der Waals surface area contributed by atoms with Crippen LogP contribution in [0, 0.1) is 13.8 Å². The molecular formula is C14H24ClNO. The van der Waals surface area contributed by atoms with Crippen LogP contribution in [0.25, 0.3) is 0 Å². The Kier molecular flexibility index (Phi) is 6.58. The maximum absolute atomic E-state index is 5.67. The number of halogens is 1. The van der Waals surface area contributed by atoms with E-state index in [0.29, 0.717) is 6.61 Å². The quantitative estimate of drug-likeness (QED) is 0.834. The summed E-state index contributed by atoms with van der Waals surface area (Å²) in [6.45, 7) is 12.3. The van der Waals surface area contributed by atoms with Gasteiger partial charge in [0.1, 0.15) is 12.4 Å². The third-order valence-corrected chi connectivity index (χ3v) is 2.50. The summed E-state index contributed by atoms with van der Waals surface area (Å²) in [5.74, 6) is 0.957. The van der Waals surface area contributed by atoms with E-state index in [-0.39, 0.29) is 17.9 Å². The van der Waals surface area contributed by atoms with Crippen molar-refractivity contribution in [3.63, 3.8) is 0 Å². The lowest BCUT2D eigenvalue weighted by atomic mass is 10.1. The van der Waals surface area contributed by atoms with E-state index in [0.717, 1.165) is 12.3 Å². The highest BCUT2D eigenvalue weighted by Crippen LogP contribution is 2.16. The van der Waals surface area contributed by atoms with Gasteiger partial charge in [-0.1, -0.05) is 6.07 Å². The van der Waals surface area contributed by atoms with Crippen molar-refractivity contribution in [2.75, 3.05) is 13.2 Å². The molecule has 1 rings (SSSR count). The fourth-order valence-electron chi connectivity index (χ4n) is 1.40. The molecule has 0 aliphatic heterocycles. The molecule has 0 unspecified atom stereocenters. The summed E-state index contributed by atoms with van der Waals surface area (Å²) in [6.07, 6.45) is 0. The molecule has 0 saturated heterocycles. The molecule has 0 aliphatic rings. The first-order valence-electron chi connectivity index (χ1n) is 5.83. The molecule has 0 saturated carbocycles. The summed E-state index contributed by atoms with van der Waals surface area (Å²) < 4.78 is 5.67. The second-order valence-electron chi connectivity index (χ2n) is 5.27. The fourth-order valence-corrected chi connectivity index (χ4v) is 1.40. The van der Waals surface area contributed by atoms with E-state index in [1.165, 1.54) is 11.1 Å². The van der Waals surface area contributed by atoms with Gasteiger partial charge >= 0.3 is 0 Å². The molecule has 0 atom stereocenters. The molecule has 0 aliphatic carbocycles. The molecule has 1 N–H and O–H groups in total. The molecule has 0 amide bonds. The van der Waals surface area contributed by atoms with Crippen LogP contribution in [0.15, 0.2) is 18.2 Å². The van der Waals surface area contributed by atoms with Gasteiger partial charge in [0, 0.05) is 12.1 Å². The number of hydrogen-bond acceptors (Lipinski definition) is 2. The summed E-state index contributed by atoms with van der Waals surface area (Å²) in [5, 5.41) is 3.39. The van der Waals surface area contributed by atoms with Crippen LogP contribution in [0.1, 0.15) is 31.9 Å². The topological polar surface area (TPSA) is 21.3 Å². The fraction of sp³-hybridized carbons (Fsp3) is 0.571. The second-order valence-corrected chi connectivity index (χ2v) is 5.27. The van der Waals surface area contributed by atoms with Crippen molar-refractivity contribution in [1.82, 2.24) is 5.32 Å². The van der Waals surface area contributed by atoms with E-state index in [1.54, 1.807) is 0 Å². The summed E-state index contributed by atoms with van der Waals surface area (Å²) in [6, 6.07) is 6.22. The maximum atomic E-state index is 5.67. The first-order chi connectivity index (χ1) is 7.38. The van der Waals surface area contributed by atoms with Gasteiger partial charge in [0.05, 0.1) is 0 Å². The van der Waals surface area contributed by atoms with Gasteiger partial charge in [0.2, 0.25) is 0 Å². The number of hydrogen-bond donors (Lipinski definition) is 1. The lowest BCUT2D eigenvalue weighted by Crippen LogP contribution is -2.38. The van der Waals surface area contributed by atoms with Crippen LogP contribution in [0.4, 0.5) is 0 Å². The molecule has 2 nitrogen and oxygen atoms in total. The van der Waals surface area contributed by atoms with Crippen LogP contribution in [0.5, 0.6) is 5.75 Å². The standard InChI is InChI=1S/C14H23NO.ClH/c1-11-6-7-13(10-12(11)2)16-9-8-15-14(3,4)5;/h6-7,10,15H,8-9H2,1-5H3;1H. The van der Waals surface area contributed by atoms with E-state index >= 15 is 0 Å². The third-order valence-electron chi connectivity index (χ3n) is 2.50. The van der Waals surface area contributed by atoms with E-state index in [2.05, 4.69) is 52.1 Å². The van der Waals surface area contributed by atoms with Gasteiger partial charge in [-0.25, -0.2) is 0 Å². The van der Waals surface area contributed by atoms with Gasteiger partial charge in [-0.15, -0.1) is 12.4 Å². The van der Waals surface area contributed by atoms with Gasteiger partial charge in [0.15, 0.2) is 0 Å². The molecule has 0 heterocycles. The number of benzene rings is 1. The van der Waals surface area contributed by atoms with Crippen LogP contribution >= 0.6 is 12.4 Å².